The number of phenolic OH excluding ortho intramolecular Hbond substituents is 1. The summed E-state index contributed by atoms with van der Waals surface area (Å²) in [6, 6.07) is 6.40. The minimum atomic E-state index is 0.266. The Morgan fingerprint density at radius 1 is 1.16 bits per heavy atom. The van der Waals surface area contributed by atoms with E-state index in [1.807, 2.05) is 12.1 Å². The SMILES string of the molecule is Oc1c(Cl)cccc1CN1CCCC2CCCCC21. The van der Waals surface area contributed by atoms with E-state index in [1.165, 1.54) is 38.5 Å². The lowest BCUT2D eigenvalue weighted by atomic mass is 9.78. The van der Waals surface area contributed by atoms with Crippen LogP contribution in [0.25, 0.3) is 0 Å². The summed E-state index contributed by atoms with van der Waals surface area (Å²) in [5.74, 6) is 1.14. The van der Waals surface area contributed by atoms with E-state index in [1.54, 1.807) is 6.07 Å². The Labute approximate surface area is 120 Å². The fraction of sp³-hybridized carbons (Fsp3) is 0.625. The van der Waals surface area contributed by atoms with Gasteiger partial charge in [-0.2, -0.15) is 0 Å². The van der Waals surface area contributed by atoms with E-state index in [0.717, 1.165) is 30.6 Å². The van der Waals surface area contributed by atoms with Gasteiger partial charge in [-0.1, -0.05) is 36.6 Å². The van der Waals surface area contributed by atoms with Gasteiger partial charge in [0.1, 0.15) is 5.75 Å². The fourth-order valence-corrected chi connectivity index (χ4v) is 4.02. The molecule has 2 nitrogen and oxygen atoms in total. The first-order chi connectivity index (χ1) is 9.25. The molecule has 2 unspecified atom stereocenters. The quantitative estimate of drug-likeness (QED) is 0.877. The summed E-state index contributed by atoms with van der Waals surface area (Å²) in [5, 5.41) is 10.5. The molecule has 1 N–H and O–H groups in total. The van der Waals surface area contributed by atoms with Gasteiger partial charge >= 0.3 is 0 Å². The van der Waals surface area contributed by atoms with E-state index in [-0.39, 0.29) is 5.75 Å². The van der Waals surface area contributed by atoms with Gasteiger partial charge in [-0.25, -0.2) is 0 Å². The third-order valence-corrected chi connectivity index (χ3v) is 5.11. The molecule has 1 saturated carbocycles. The van der Waals surface area contributed by atoms with Crippen molar-refractivity contribution in [2.45, 2.75) is 51.1 Å². The number of para-hydroxylation sites is 1. The zero-order valence-corrected chi connectivity index (χ0v) is 12.1. The number of rotatable bonds is 2. The summed E-state index contributed by atoms with van der Waals surface area (Å²) in [7, 11) is 0. The lowest BCUT2D eigenvalue weighted by molar-refractivity contribution is 0.0541. The topological polar surface area (TPSA) is 23.5 Å². The van der Waals surface area contributed by atoms with Crippen LogP contribution in [-0.2, 0) is 6.54 Å². The van der Waals surface area contributed by atoms with Gasteiger partial charge in [-0.05, 0) is 44.2 Å². The van der Waals surface area contributed by atoms with Crippen LogP contribution in [0, 0.1) is 5.92 Å². The van der Waals surface area contributed by atoms with Gasteiger partial charge in [0, 0.05) is 18.2 Å². The number of hydrogen-bond donors (Lipinski definition) is 1. The van der Waals surface area contributed by atoms with Gasteiger partial charge < -0.3 is 5.11 Å². The molecule has 104 valence electrons. The second kappa shape index (κ2) is 5.72. The average Bonchev–Trinajstić information content (AvgIpc) is 2.44. The van der Waals surface area contributed by atoms with Crippen LogP contribution in [0.15, 0.2) is 18.2 Å². The molecule has 0 amide bonds. The molecule has 2 aliphatic rings. The van der Waals surface area contributed by atoms with Crippen molar-refractivity contribution in [3.8, 4) is 5.75 Å². The highest BCUT2D eigenvalue weighted by Gasteiger charge is 2.33. The number of nitrogens with zero attached hydrogens (tertiary/aromatic N) is 1. The third kappa shape index (κ3) is 2.75. The largest absolute Gasteiger partial charge is 0.506 e. The molecule has 0 bridgehead atoms. The van der Waals surface area contributed by atoms with Crippen molar-refractivity contribution in [2.24, 2.45) is 5.92 Å². The maximum Gasteiger partial charge on any atom is 0.138 e. The van der Waals surface area contributed by atoms with E-state index < -0.39 is 0 Å². The first kappa shape index (κ1) is 13.3. The van der Waals surface area contributed by atoms with Gasteiger partial charge in [0.15, 0.2) is 0 Å². The van der Waals surface area contributed by atoms with Crippen LogP contribution in [0.3, 0.4) is 0 Å². The molecule has 0 radical (unpaired) electrons. The second-order valence-corrected chi connectivity index (χ2v) is 6.38. The predicted octanol–water partition coefficient (Wildman–Crippen LogP) is 4.20. The van der Waals surface area contributed by atoms with Crippen molar-refractivity contribution in [3.05, 3.63) is 28.8 Å². The molecule has 3 heteroatoms. The van der Waals surface area contributed by atoms with Crippen LogP contribution in [0.5, 0.6) is 5.75 Å². The van der Waals surface area contributed by atoms with Gasteiger partial charge in [-0.15, -0.1) is 0 Å². The molecule has 1 aromatic rings. The normalized spacial score (nSPS) is 28.1. The van der Waals surface area contributed by atoms with Crippen molar-refractivity contribution in [1.29, 1.82) is 0 Å². The summed E-state index contributed by atoms with van der Waals surface area (Å²) < 4.78 is 0. The highest BCUT2D eigenvalue weighted by atomic mass is 35.5. The van der Waals surface area contributed by atoms with Gasteiger partial charge in [0.25, 0.3) is 0 Å². The van der Waals surface area contributed by atoms with Crippen LogP contribution in [0.2, 0.25) is 5.02 Å². The fourth-order valence-electron chi connectivity index (χ4n) is 3.83. The molecule has 3 rings (SSSR count). The summed E-state index contributed by atoms with van der Waals surface area (Å²) in [6.07, 6.45) is 8.16. The lowest BCUT2D eigenvalue weighted by Crippen LogP contribution is -2.46. The zero-order chi connectivity index (χ0) is 13.2. The van der Waals surface area contributed by atoms with E-state index in [9.17, 15) is 5.11 Å². The average molecular weight is 280 g/mol. The molecule has 1 aromatic carbocycles. The molecule has 1 saturated heterocycles. The summed E-state index contributed by atoms with van der Waals surface area (Å²) in [4.78, 5) is 2.57. The van der Waals surface area contributed by atoms with E-state index >= 15 is 0 Å². The van der Waals surface area contributed by atoms with E-state index in [2.05, 4.69) is 4.90 Å². The number of phenols is 1. The Morgan fingerprint density at radius 3 is 2.84 bits per heavy atom. The summed E-state index contributed by atoms with van der Waals surface area (Å²) in [5.41, 5.74) is 0.971. The van der Waals surface area contributed by atoms with Crippen molar-refractivity contribution < 1.29 is 5.11 Å². The third-order valence-electron chi connectivity index (χ3n) is 4.80. The number of likely N-dealkylation sites (tertiary alicyclic amines) is 1. The monoisotopic (exact) mass is 279 g/mol. The summed E-state index contributed by atoms with van der Waals surface area (Å²) >= 11 is 6.00. The Hall–Kier alpha value is -0.730. The van der Waals surface area contributed by atoms with Crippen LogP contribution in [0.1, 0.15) is 44.1 Å². The van der Waals surface area contributed by atoms with Crippen molar-refractivity contribution in [3.63, 3.8) is 0 Å². The number of benzene rings is 1. The minimum absolute atomic E-state index is 0.266. The molecular weight excluding hydrogens is 258 g/mol. The Kier molecular flexibility index (Phi) is 3.99. The van der Waals surface area contributed by atoms with Crippen LogP contribution < -0.4 is 0 Å². The van der Waals surface area contributed by atoms with Crippen molar-refractivity contribution >= 4 is 11.6 Å². The van der Waals surface area contributed by atoms with Crippen LogP contribution >= 0.6 is 11.6 Å². The number of hydrogen-bond acceptors (Lipinski definition) is 2. The standard InChI is InChI=1S/C16H22ClNO/c17-14-8-3-6-13(16(14)19)11-18-10-4-7-12-5-1-2-9-15(12)18/h3,6,8,12,15,19H,1-2,4-5,7,9-11H2. The molecule has 2 fully saturated rings. The summed E-state index contributed by atoms with van der Waals surface area (Å²) in [6.45, 7) is 2.00. The number of fused-ring (bicyclic) bond motifs is 1. The maximum atomic E-state index is 10.1. The van der Waals surface area contributed by atoms with Crippen molar-refractivity contribution in [2.75, 3.05) is 6.54 Å². The highest BCUT2D eigenvalue weighted by Crippen LogP contribution is 2.37. The first-order valence-corrected chi connectivity index (χ1v) is 7.84. The molecule has 1 heterocycles. The minimum Gasteiger partial charge on any atom is -0.506 e. The Balaban J connectivity index is 1.76. The zero-order valence-electron chi connectivity index (χ0n) is 11.3. The van der Waals surface area contributed by atoms with Crippen LogP contribution in [-0.4, -0.2) is 22.6 Å². The van der Waals surface area contributed by atoms with Gasteiger partial charge in [0.05, 0.1) is 5.02 Å². The van der Waals surface area contributed by atoms with Crippen LogP contribution in [0.4, 0.5) is 0 Å². The molecule has 19 heavy (non-hydrogen) atoms. The number of halogens is 1. The number of aromatic hydroxyl groups is 1. The van der Waals surface area contributed by atoms with E-state index in [0.29, 0.717) is 5.02 Å². The van der Waals surface area contributed by atoms with Gasteiger partial charge in [-0.3, -0.25) is 4.90 Å². The lowest BCUT2D eigenvalue weighted by Gasteiger charge is -2.44. The molecular formula is C16H22ClNO. The molecule has 1 aliphatic carbocycles. The predicted molar refractivity (Wildman–Crippen MR) is 78.5 cm³/mol. The first-order valence-electron chi connectivity index (χ1n) is 7.46. The highest BCUT2D eigenvalue weighted by molar-refractivity contribution is 6.32. The molecule has 2 atom stereocenters. The maximum absolute atomic E-state index is 10.1. The molecule has 0 aromatic heterocycles. The molecule has 1 aliphatic heterocycles. The molecule has 0 spiro atoms. The Bertz CT molecular complexity index is 446. The smallest absolute Gasteiger partial charge is 0.138 e. The van der Waals surface area contributed by atoms with Crippen molar-refractivity contribution in [1.82, 2.24) is 4.90 Å². The number of piperidine rings is 1. The Morgan fingerprint density at radius 2 is 1.95 bits per heavy atom. The van der Waals surface area contributed by atoms with Gasteiger partial charge in [0.2, 0.25) is 0 Å². The van der Waals surface area contributed by atoms with E-state index in [4.69, 9.17) is 11.6 Å². The second-order valence-electron chi connectivity index (χ2n) is 5.97.